The van der Waals surface area contributed by atoms with Crippen molar-refractivity contribution in [2.75, 3.05) is 10.6 Å². The maximum atomic E-state index is 14.0. The van der Waals surface area contributed by atoms with Crippen LogP contribution >= 0.6 is 11.6 Å². The average Bonchev–Trinajstić information content (AvgIpc) is 2.96. The van der Waals surface area contributed by atoms with Gasteiger partial charge in [-0.3, -0.25) is 10.00 Å². The third-order valence-corrected chi connectivity index (χ3v) is 4.39. The van der Waals surface area contributed by atoms with Gasteiger partial charge in [0.25, 0.3) is 0 Å². The predicted molar refractivity (Wildman–Crippen MR) is 102 cm³/mol. The summed E-state index contributed by atoms with van der Waals surface area (Å²) in [5.41, 5.74) is -0.0252. The van der Waals surface area contributed by atoms with Crippen LogP contribution < -0.4 is 10.6 Å². The summed E-state index contributed by atoms with van der Waals surface area (Å²) in [6.45, 7) is 1.76. The number of urea groups is 1. The highest BCUT2D eigenvalue weighted by Gasteiger charge is 2.30. The molecule has 3 rings (SSSR count). The van der Waals surface area contributed by atoms with Crippen molar-refractivity contribution in [3.63, 3.8) is 0 Å². The van der Waals surface area contributed by atoms with Crippen molar-refractivity contribution in [2.24, 2.45) is 0 Å². The van der Waals surface area contributed by atoms with Crippen LogP contribution in [0.15, 0.2) is 48.5 Å². The van der Waals surface area contributed by atoms with Crippen LogP contribution in [0.3, 0.4) is 0 Å². The van der Waals surface area contributed by atoms with E-state index < -0.39 is 23.6 Å². The molecule has 2 N–H and O–H groups in total. The first-order chi connectivity index (χ1) is 13.6. The molecule has 152 valence electrons. The average molecular weight is 427 g/mol. The number of alkyl halides is 3. The molecule has 0 aliphatic carbocycles. The number of hydrogen-bond acceptors (Lipinski definition) is 2. The molecule has 0 saturated carbocycles. The van der Waals surface area contributed by atoms with Crippen LogP contribution in [0, 0.1) is 12.7 Å². The van der Waals surface area contributed by atoms with Crippen LogP contribution in [0.25, 0.3) is 0 Å². The van der Waals surface area contributed by atoms with Crippen molar-refractivity contribution < 1.29 is 22.4 Å². The molecule has 3 aromatic rings. The van der Waals surface area contributed by atoms with Crippen molar-refractivity contribution in [3.05, 3.63) is 76.2 Å². The number of nitrogens with zero attached hydrogens (tertiary/aromatic N) is 2. The molecule has 0 atom stereocenters. The fraction of sp³-hybridized carbons (Fsp3) is 0.158. The highest BCUT2D eigenvalue weighted by Crippen LogP contribution is 2.30. The summed E-state index contributed by atoms with van der Waals surface area (Å²) < 4.78 is 53.7. The van der Waals surface area contributed by atoms with Gasteiger partial charge in [0, 0.05) is 28.0 Å². The van der Waals surface area contributed by atoms with E-state index >= 15 is 0 Å². The van der Waals surface area contributed by atoms with Crippen LogP contribution in [-0.4, -0.2) is 15.8 Å². The third kappa shape index (κ3) is 5.05. The Morgan fingerprint density at radius 2 is 1.86 bits per heavy atom. The van der Waals surface area contributed by atoms with Gasteiger partial charge in [0.05, 0.1) is 12.1 Å². The summed E-state index contributed by atoms with van der Waals surface area (Å²) in [7, 11) is 0. The lowest BCUT2D eigenvalue weighted by Gasteiger charge is -2.10. The minimum absolute atomic E-state index is 0.0216. The quantitative estimate of drug-likeness (QED) is 0.526. The summed E-state index contributed by atoms with van der Waals surface area (Å²) in [6, 6.07) is 9.35. The van der Waals surface area contributed by atoms with E-state index in [-0.39, 0.29) is 28.6 Å². The molecule has 0 saturated heterocycles. The Morgan fingerprint density at radius 1 is 1.14 bits per heavy atom. The van der Waals surface area contributed by atoms with Gasteiger partial charge in [-0.05, 0) is 37.3 Å². The van der Waals surface area contributed by atoms with Gasteiger partial charge in [-0.1, -0.05) is 23.7 Å². The van der Waals surface area contributed by atoms with Gasteiger partial charge in [0.1, 0.15) is 5.82 Å². The molecular weight excluding hydrogens is 412 g/mol. The zero-order valence-corrected chi connectivity index (χ0v) is 15.8. The lowest BCUT2D eigenvalue weighted by atomic mass is 10.2. The first-order valence-corrected chi connectivity index (χ1v) is 8.74. The number of aryl methyl sites for hydroxylation is 1. The predicted octanol–water partition coefficient (Wildman–Crippen LogP) is 5.70. The van der Waals surface area contributed by atoms with E-state index in [1.807, 2.05) is 0 Å². The van der Waals surface area contributed by atoms with E-state index in [0.29, 0.717) is 5.69 Å². The number of aromatic nitrogens is 2. The Hall–Kier alpha value is -3.07. The van der Waals surface area contributed by atoms with Gasteiger partial charge < -0.3 is 5.32 Å². The number of benzene rings is 2. The molecule has 2 amide bonds. The topological polar surface area (TPSA) is 59.0 Å². The summed E-state index contributed by atoms with van der Waals surface area (Å²) in [4.78, 5) is 12.1. The molecule has 0 fully saturated rings. The Bertz CT molecular complexity index is 1030. The van der Waals surface area contributed by atoms with Gasteiger partial charge in [-0.25, -0.2) is 9.18 Å². The maximum Gasteiger partial charge on any atom is 0.416 e. The molecule has 0 spiro atoms. The van der Waals surface area contributed by atoms with E-state index in [0.717, 1.165) is 12.1 Å². The molecule has 0 unspecified atom stereocenters. The molecule has 29 heavy (non-hydrogen) atoms. The van der Waals surface area contributed by atoms with Crippen LogP contribution in [0.1, 0.15) is 16.8 Å². The monoisotopic (exact) mass is 426 g/mol. The molecule has 0 aliphatic heterocycles. The molecule has 1 aromatic heterocycles. The number of rotatable bonds is 4. The minimum atomic E-state index is -4.52. The largest absolute Gasteiger partial charge is 0.416 e. The highest BCUT2D eigenvalue weighted by molar-refractivity contribution is 6.31. The number of nitrogens with one attached hydrogen (secondary N) is 2. The zero-order valence-electron chi connectivity index (χ0n) is 15.0. The minimum Gasteiger partial charge on any atom is -0.308 e. The van der Waals surface area contributed by atoms with E-state index in [2.05, 4.69) is 15.7 Å². The number of anilines is 2. The molecular formula is C19H15ClF4N4O. The van der Waals surface area contributed by atoms with E-state index in [4.69, 9.17) is 11.6 Å². The van der Waals surface area contributed by atoms with Gasteiger partial charge in [0.2, 0.25) is 0 Å². The maximum absolute atomic E-state index is 14.0. The van der Waals surface area contributed by atoms with Gasteiger partial charge in [-0.2, -0.15) is 18.3 Å². The summed E-state index contributed by atoms with van der Waals surface area (Å²) in [6.07, 6.45) is -4.52. The fourth-order valence-corrected chi connectivity index (χ4v) is 2.84. The molecule has 0 bridgehead atoms. The van der Waals surface area contributed by atoms with Crippen LogP contribution in [0.2, 0.25) is 5.02 Å². The SMILES string of the molecule is Cc1cc(NC(=O)Nc2cccc(C(F)(F)F)c2)nn1Cc1c(F)cccc1Cl. The van der Waals surface area contributed by atoms with Gasteiger partial charge >= 0.3 is 12.2 Å². The van der Waals surface area contributed by atoms with Gasteiger partial charge in [-0.15, -0.1) is 0 Å². The van der Waals surface area contributed by atoms with Gasteiger partial charge in [0.15, 0.2) is 5.82 Å². The van der Waals surface area contributed by atoms with Crippen molar-refractivity contribution in [1.29, 1.82) is 0 Å². The summed E-state index contributed by atoms with van der Waals surface area (Å²) in [5.74, 6) is -0.330. The molecule has 1 heterocycles. The molecule has 0 radical (unpaired) electrons. The number of halogens is 5. The second-order valence-corrected chi connectivity index (χ2v) is 6.59. The number of amides is 2. The normalized spacial score (nSPS) is 11.4. The number of hydrogen-bond donors (Lipinski definition) is 2. The molecule has 2 aromatic carbocycles. The lowest BCUT2D eigenvalue weighted by Crippen LogP contribution is -2.20. The van der Waals surface area contributed by atoms with Crippen LogP contribution in [-0.2, 0) is 12.7 Å². The van der Waals surface area contributed by atoms with E-state index in [9.17, 15) is 22.4 Å². The Kier molecular flexibility index (Phi) is 5.78. The number of carbonyl (C=O) groups is 1. The van der Waals surface area contributed by atoms with Crippen molar-refractivity contribution in [2.45, 2.75) is 19.6 Å². The molecule has 5 nitrogen and oxygen atoms in total. The Balaban J connectivity index is 1.70. The highest BCUT2D eigenvalue weighted by atomic mass is 35.5. The Labute approximate surface area is 168 Å². The van der Waals surface area contributed by atoms with Crippen molar-refractivity contribution >= 4 is 29.1 Å². The fourth-order valence-electron chi connectivity index (χ4n) is 2.62. The van der Waals surface area contributed by atoms with Crippen molar-refractivity contribution in [1.82, 2.24) is 9.78 Å². The summed E-state index contributed by atoms with van der Waals surface area (Å²) >= 11 is 6.02. The first-order valence-electron chi connectivity index (χ1n) is 8.36. The Morgan fingerprint density at radius 3 is 2.55 bits per heavy atom. The lowest BCUT2D eigenvalue weighted by molar-refractivity contribution is -0.137. The van der Waals surface area contributed by atoms with Crippen LogP contribution in [0.4, 0.5) is 33.9 Å². The van der Waals surface area contributed by atoms with E-state index in [1.165, 1.54) is 28.9 Å². The third-order valence-electron chi connectivity index (χ3n) is 4.04. The van der Waals surface area contributed by atoms with E-state index in [1.54, 1.807) is 19.1 Å². The zero-order chi connectivity index (χ0) is 21.2. The standard InChI is InChI=1S/C19H15ClF4N4O/c1-11-8-17(27-28(11)10-14-15(20)6-3-7-16(14)21)26-18(29)25-13-5-2-4-12(9-13)19(22,23)24/h2-9H,10H2,1H3,(H2,25,26,27,29). The second kappa shape index (κ2) is 8.12. The molecule has 0 aliphatic rings. The smallest absolute Gasteiger partial charge is 0.308 e. The molecule has 10 heteroatoms. The number of carbonyl (C=O) groups excluding carboxylic acids is 1. The van der Waals surface area contributed by atoms with Crippen molar-refractivity contribution in [3.8, 4) is 0 Å². The van der Waals surface area contributed by atoms with Crippen LogP contribution in [0.5, 0.6) is 0 Å². The second-order valence-electron chi connectivity index (χ2n) is 6.19. The first kappa shape index (κ1) is 20.7. The summed E-state index contributed by atoms with van der Waals surface area (Å²) in [5, 5.41) is 9.17.